The summed E-state index contributed by atoms with van der Waals surface area (Å²) in [6.45, 7) is 8.03. The summed E-state index contributed by atoms with van der Waals surface area (Å²) in [5.41, 5.74) is -0.324. The number of benzene rings is 1. The lowest BCUT2D eigenvalue weighted by molar-refractivity contribution is -0.142. The number of anilines is 2. The number of aromatic nitrogens is 2. The Hall–Kier alpha value is -3.90. The zero-order valence-electron chi connectivity index (χ0n) is 22.5. The molecule has 3 atom stereocenters. The lowest BCUT2D eigenvalue weighted by Gasteiger charge is -2.31. The van der Waals surface area contributed by atoms with E-state index in [0.29, 0.717) is 18.1 Å². The van der Waals surface area contributed by atoms with Gasteiger partial charge in [-0.3, -0.25) is 14.5 Å². The highest BCUT2D eigenvalue weighted by atomic mass is 19.4. The number of fused-ring (bicyclic) bond motifs is 1. The van der Waals surface area contributed by atoms with Crippen molar-refractivity contribution < 1.29 is 32.3 Å². The number of alkyl halides is 3. The van der Waals surface area contributed by atoms with Crippen molar-refractivity contribution in [3.05, 3.63) is 41.7 Å². The van der Waals surface area contributed by atoms with Crippen LogP contribution in [0.25, 0.3) is 0 Å². The summed E-state index contributed by atoms with van der Waals surface area (Å²) in [6.07, 6.45) is -2.68. The Morgan fingerprint density at radius 2 is 1.85 bits per heavy atom. The highest BCUT2D eigenvalue weighted by Gasteiger charge is 2.55. The standard InChI is InChI=1S/C27H31F3N6O4/c1-4-34(5-2)18-6-7-19-16(3)20(22(37)40-21(19)12-18)8-10-36-23(38)26(33-25(36)39)9-11-35(15-26)24-31-13-17(14-32-24)27(28,29)30/h6-7,12-14,16,20H,4-5,8-11,15H2,1-3H3,(H,33,39). The summed E-state index contributed by atoms with van der Waals surface area (Å²) in [5, 5.41) is 2.76. The van der Waals surface area contributed by atoms with Crippen LogP contribution in [0.5, 0.6) is 5.75 Å². The number of rotatable bonds is 7. The van der Waals surface area contributed by atoms with E-state index in [1.165, 1.54) is 0 Å². The summed E-state index contributed by atoms with van der Waals surface area (Å²) in [5.74, 6) is -0.964. The summed E-state index contributed by atoms with van der Waals surface area (Å²) in [7, 11) is 0. The zero-order valence-corrected chi connectivity index (χ0v) is 22.5. The number of carbonyl (C=O) groups is 3. The lowest BCUT2D eigenvalue weighted by atomic mass is 9.82. The molecule has 3 amide bonds. The van der Waals surface area contributed by atoms with Crippen molar-refractivity contribution in [3.63, 3.8) is 0 Å². The molecule has 4 heterocycles. The first-order valence-corrected chi connectivity index (χ1v) is 13.4. The number of hydrogen-bond acceptors (Lipinski definition) is 8. The molecule has 0 aliphatic carbocycles. The smallest absolute Gasteiger partial charge is 0.419 e. The van der Waals surface area contributed by atoms with E-state index in [-0.39, 0.29) is 44.3 Å². The van der Waals surface area contributed by atoms with E-state index in [4.69, 9.17) is 4.74 Å². The van der Waals surface area contributed by atoms with Gasteiger partial charge in [-0.05, 0) is 44.2 Å². The minimum Gasteiger partial charge on any atom is -0.426 e. The van der Waals surface area contributed by atoms with Gasteiger partial charge in [0.2, 0.25) is 5.95 Å². The third-order valence-corrected chi connectivity index (χ3v) is 8.16. The van der Waals surface area contributed by atoms with Gasteiger partial charge in [-0.1, -0.05) is 13.0 Å². The molecule has 0 bridgehead atoms. The van der Waals surface area contributed by atoms with Gasteiger partial charge in [0, 0.05) is 50.3 Å². The van der Waals surface area contributed by atoms with Crippen molar-refractivity contribution >= 4 is 29.5 Å². The molecule has 3 aliphatic rings. The van der Waals surface area contributed by atoms with Gasteiger partial charge in [0.15, 0.2) is 0 Å². The van der Waals surface area contributed by atoms with Crippen LogP contribution >= 0.6 is 0 Å². The fourth-order valence-electron chi connectivity index (χ4n) is 5.78. The predicted octanol–water partition coefficient (Wildman–Crippen LogP) is 3.57. The van der Waals surface area contributed by atoms with Crippen molar-refractivity contribution in [1.82, 2.24) is 20.2 Å². The molecule has 1 spiro atoms. The molecule has 2 aromatic rings. The number of halogens is 3. The molecule has 40 heavy (non-hydrogen) atoms. The summed E-state index contributed by atoms with van der Waals surface area (Å²) in [4.78, 5) is 51.6. The Bertz CT molecular complexity index is 1320. The van der Waals surface area contributed by atoms with Crippen LogP contribution in [0.4, 0.5) is 29.6 Å². The number of carbonyl (C=O) groups excluding carboxylic acids is 3. The van der Waals surface area contributed by atoms with Crippen molar-refractivity contribution in [2.75, 3.05) is 42.5 Å². The molecule has 3 aliphatic heterocycles. The maximum atomic E-state index is 13.4. The first kappa shape index (κ1) is 27.7. The van der Waals surface area contributed by atoms with Crippen LogP contribution in [0.2, 0.25) is 0 Å². The average Bonchev–Trinajstić information content (AvgIpc) is 3.44. The quantitative estimate of drug-likeness (QED) is 0.311. The maximum Gasteiger partial charge on any atom is 0.419 e. The topological polar surface area (TPSA) is 108 Å². The Morgan fingerprint density at radius 3 is 2.50 bits per heavy atom. The zero-order chi connectivity index (χ0) is 28.8. The number of imide groups is 1. The van der Waals surface area contributed by atoms with Gasteiger partial charge in [-0.15, -0.1) is 0 Å². The normalized spacial score (nSPS) is 24.4. The number of esters is 1. The van der Waals surface area contributed by atoms with Crippen molar-refractivity contribution in [2.45, 2.75) is 51.2 Å². The number of nitrogens with zero attached hydrogens (tertiary/aromatic N) is 5. The largest absolute Gasteiger partial charge is 0.426 e. The van der Waals surface area contributed by atoms with Crippen molar-refractivity contribution in [2.24, 2.45) is 5.92 Å². The number of ether oxygens (including phenoxy) is 1. The van der Waals surface area contributed by atoms with Gasteiger partial charge in [-0.25, -0.2) is 14.8 Å². The van der Waals surface area contributed by atoms with E-state index in [2.05, 4.69) is 34.0 Å². The third kappa shape index (κ3) is 4.81. The Balaban J connectivity index is 1.24. The minimum absolute atomic E-state index is 0.0279. The second-order valence-corrected chi connectivity index (χ2v) is 10.4. The monoisotopic (exact) mass is 560 g/mol. The Kier molecular flexibility index (Phi) is 7.09. The second kappa shape index (κ2) is 10.3. The molecule has 3 unspecified atom stereocenters. The Labute approximate surface area is 229 Å². The van der Waals surface area contributed by atoms with Gasteiger partial charge in [-0.2, -0.15) is 13.2 Å². The van der Waals surface area contributed by atoms with Crippen LogP contribution in [-0.4, -0.2) is 71.0 Å². The fraction of sp³-hybridized carbons (Fsp3) is 0.519. The lowest BCUT2D eigenvalue weighted by Crippen LogP contribution is -2.49. The highest BCUT2D eigenvalue weighted by Crippen LogP contribution is 2.41. The van der Waals surface area contributed by atoms with Gasteiger partial charge in [0.1, 0.15) is 11.3 Å². The molecule has 1 aromatic carbocycles. The van der Waals surface area contributed by atoms with E-state index in [1.54, 1.807) is 4.90 Å². The van der Waals surface area contributed by atoms with E-state index in [9.17, 15) is 27.6 Å². The molecule has 10 nitrogen and oxygen atoms in total. The minimum atomic E-state index is -4.56. The van der Waals surface area contributed by atoms with Gasteiger partial charge >= 0.3 is 18.2 Å². The van der Waals surface area contributed by atoms with Crippen LogP contribution in [0.1, 0.15) is 50.7 Å². The van der Waals surface area contributed by atoms with Crippen LogP contribution < -0.4 is 19.9 Å². The number of nitrogens with one attached hydrogen (secondary N) is 1. The van der Waals surface area contributed by atoms with Crippen molar-refractivity contribution in [3.8, 4) is 5.75 Å². The summed E-state index contributed by atoms with van der Waals surface area (Å²) in [6, 6.07) is 5.28. The molecule has 214 valence electrons. The van der Waals surface area contributed by atoms with Crippen molar-refractivity contribution in [1.29, 1.82) is 0 Å². The van der Waals surface area contributed by atoms with Crippen LogP contribution in [0.3, 0.4) is 0 Å². The molecular weight excluding hydrogens is 529 g/mol. The van der Waals surface area contributed by atoms with E-state index in [0.717, 1.165) is 29.2 Å². The number of urea groups is 1. The van der Waals surface area contributed by atoms with E-state index < -0.39 is 41.1 Å². The first-order valence-electron chi connectivity index (χ1n) is 13.4. The number of hydrogen-bond donors (Lipinski definition) is 1. The SMILES string of the molecule is CCN(CC)c1ccc2c(c1)OC(=O)C(CCN1C(=O)NC3(CCN(c4ncc(C(F)(F)F)cn4)C3)C1=O)C2C. The van der Waals surface area contributed by atoms with E-state index >= 15 is 0 Å². The average molecular weight is 561 g/mol. The fourth-order valence-corrected chi connectivity index (χ4v) is 5.78. The first-order chi connectivity index (χ1) is 19.0. The summed E-state index contributed by atoms with van der Waals surface area (Å²) < 4.78 is 44.2. The van der Waals surface area contributed by atoms with Crippen LogP contribution in [-0.2, 0) is 15.8 Å². The van der Waals surface area contributed by atoms with E-state index in [1.807, 2.05) is 25.1 Å². The van der Waals surface area contributed by atoms with Gasteiger partial charge < -0.3 is 19.9 Å². The molecule has 0 saturated carbocycles. The molecular formula is C27H31F3N6O4. The maximum absolute atomic E-state index is 13.4. The van der Waals surface area contributed by atoms with Crippen LogP contribution in [0, 0.1) is 5.92 Å². The molecule has 0 radical (unpaired) electrons. The molecule has 2 saturated heterocycles. The summed E-state index contributed by atoms with van der Waals surface area (Å²) >= 11 is 0. The number of amides is 3. The highest BCUT2D eigenvalue weighted by molar-refractivity contribution is 6.07. The third-order valence-electron chi connectivity index (χ3n) is 8.16. The molecule has 1 aromatic heterocycles. The van der Waals surface area contributed by atoms with Gasteiger partial charge in [0.25, 0.3) is 5.91 Å². The Morgan fingerprint density at radius 1 is 1.15 bits per heavy atom. The molecule has 2 fully saturated rings. The molecule has 13 heteroatoms. The second-order valence-electron chi connectivity index (χ2n) is 10.4. The van der Waals surface area contributed by atoms with Crippen LogP contribution in [0.15, 0.2) is 30.6 Å². The van der Waals surface area contributed by atoms with Gasteiger partial charge in [0.05, 0.1) is 18.0 Å². The molecule has 5 rings (SSSR count). The molecule has 1 N–H and O–H groups in total. The predicted molar refractivity (Wildman–Crippen MR) is 139 cm³/mol.